The molecule has 0 aliphatic rings. The smallest absolute Gasteiger partial charge is 0.238 e. The van der Waals surface area contributed by atoms with Gasteiger partial charge in [-0.05, 0) is 56.2 Å². The minimum absolute atomic E-state index is 0.164. The Morgan fingerprint density at radius 3 is 2.58 bits per heavy atom. The molecule has 0 aliphatic heterocycles. The summed E-state index contributed by atoms with van der Waals surface area (Å²) in [7, 11) is -2.46. The number of aromatic nitrogens is 4. The molecule has 0 amide bonds. The van der Waals surface area contributed by atoms with Gasteiger partial charge in [0.2, 0.25) is 10.0 Å². The number of sulfonamides is 1. The molecule has 0 radical (unpaired) electrons. The molecule has 0 fully saturated rings. The number of tetrazole rings is 1. The Morgan fingerprint density at radius 2 is 1.96 bits per heavy atom. The average Bonchev–Trinajstić information content (AvgIpc) is 3.02. The van der Waals surface area contributed by atoms with E-state index in [1.807, 2.05) is 24.3 Å². The summed E-state index contributed by atoms with van der Waals surface area (Å²) in [6.07, 6.45) is 0. The summed E-state index contributed by atoms with van der Waals surface area (Å²) >= 11 is 9.29. The molecule has 0 saturated carbocycles. The van der Waals surface area contributed by atoms with Gasteiger partial charge >= 0.3 is 0 Å². The number of nitrogens with zero attached hydrogens (tertiary/aromatic N) is 4. The first-order valence-electron chi connectivity index (χ1n) is 7.21. The Balaban J connectivity index is 2.09. The first kappa shape index (κ1) is 18.8. The van der Waals surface area contributed by atoms with Gasteiger partial charge in [0.15, 0.2) is 5.82 Å². The van der Waals surface area contributed by atoms with Crippen LogP contribution in [-0.2, 0) is 16.6 Å². The van der Waals surface area contributed by atoms with Crippen LogP contribution >= 0.6 is 27.5 Å². The first-order valence-corrected chi connectivity index (χ1v) is 9.92. The van der Waals surface area contributed by atoms with E-state index in [0.717, 1.165) is 11.3 Å². The fourth-order valence-corrected chi connectivity index (χ4v) is 4.35. The molecule has 0 bridgehead atoms. The van der Waals surface area contributed by atoms with Gasteiger partial charge in [-0.2, -0.15) is 0 Å². The summed E-state index contributed by atoms with van der Waals surface area (Å²) in [5.41, 5.74) is 1.15. The lowest BCUT2D eigenvalue weighted by molar-refractivity contribution is 0.414. The highest BCUT2D eigenvalue weighted by atomic mass is 79.9. The summed E-state index contributed by atoms with van der Waals surface area (Å²) in [6.45, 7) is 0.325. The Bertz CT molecular complexity index is 1050. The Morgan fingerprint density at radius 1 is 1.27 bits per heavy atom. The Kier molecular flexibility index (Phi) is 5.28. The number of methoxy groups -OCH3 is 1. The molecule has 2 N–H and O–H groups in total. The van der Waals surface area contributed by atoms with Gasteiger partial charge in [-0.25, -0.2) is 18.2 Å². The van der Waals surface area contributed by atoms with E-state index in [4.69, 9.17) is 21.5 Å². The maximum Gasteiger partial charge on any atom is 0.238 e. The number of benzene rings is 2. The normalized spacial score (nSPS) is 11.5. The highest BCUT2D eigenvalue weighted by Crippen LogP contribution is 2.35. The highest BCUT2D eigenvalue weighted by Gasteiger charge is 2.24. The van der Waals surface area contributed by atoms with E-state index < -0.39 is 10.0 Å². The molecule has 0 atom stereocenters. The molecular formula is C15H13BrClN5O3S. The zero-order chi connectivity index (χ0) is 18.9. The number of halogens is 2. The predicted octanol–water partition coefficient (Wildman–Crippen LogP) is 2.46. The third kappa shape index (κ3) is 3.88. The van der Waals surface area contributed by atoms with Gasteiger partial charge in [0.1, 0.15) is 5.75 Å². The molecule has 3 aromatic rings. The molecular weight excluding hydrogens is 446 g/mol. The quantitative estimate of drug-likeness (QED) is 0.628. The van der Waals surface area contributed by atoms with Crippen LogP contribution in [0.15, 0.2) is 45.8 Å². The van der Waals surface area contributed by atoms with Crippen molar-refractivity contribution in [3.8, 4) is 17.1 Å². The molecule has 11 heteroatoms. The minimum atomic E-state index is -4.04. The lowest BCUT2D eigenvalue weighted by Gasteiger charge is -2.11. The van der Waals surface area contributed by atoms with Crippen LogP contribution in [0.2, 0.25) is 5.02 Å². The van der Waals surface area contributed by atoms with E-state index in [1.54, 1.807) is 13.2 Å². The molecule has 3 rings (SSSR count). The van der Waals surface area contributed by atoms with Crippen molar-refractivity contribution in [1.29, 1.82) is 0 Å². The molecule has 1 aromatic heterocycles. The van der Waals surface area contributed by atoms with Gasteiger partial charge in [-0.1, -0.05) is 23.7 Å². The largest absolute Gasteiger partial charge is 0.497 e. The van der Waals surface area contributed by atoms with Crippen LogP contribution in [0, 0.1) is 0 Å². The van der Waals surface area contributed by atoms with Crippen LogP contribution < -0.4 is 9.88 Å². The number of ether oxygens (including phenoxy) is 1. The second-order valence-corrected chi connectivity index (χ2v) is 8.13. The predicted molar refractivity (Wildman–Crippen MR) is 99.4 cm³/mol. The Labute approximate surface area is 163 Å². The minimum Gasteiger partial charge on any atom is -0.497 e. The molecule has 2 aromatic carbocycles. The molecule has 1 heterocycles. The lowest BCUT2D eigenvalue weighted by Crippen LogP contribution is -2.15. The van der Waals surface area contributed by atoms with Crippen LogP contribution in [-0.4, -0.2) is 35.7 Å². The summed E-state index contributed by atoms with van der Waals surface area (Å²) in [5.74, 6) is 0.969. The van der Waals surface area contributed by atoms with E-state index in [2.05, 4.69) is 31.5 Å². The monoisotopic (exact) mass is 457 g/mol. The lowest BCUT2D eigenvalue weighted by atomic mass is 10.2. The van der Waals surface area contributed by atoms with E-state index in [0.29, 0.717) is 11.0 Å². The summed E-state index contributed by atoms with van der Waals surface area (Å²) in [4.78, 5) is -0.164. The number of primary sulfonamides is 1. The fraction of sp³-hybridized carbons (Fsp3) is 0.133. The van der Waals surface area contributed by atoms with Crippen molar-refractivity contribution in [2.45, 2.75) is 11.4 Å². The van der Waals surface area contributed by atoms with Gasteiger partial charge in [0.05, 0.1) is 24.1 Å². The molecule has 0 saturated heterocycles. The van der Waals surface area contributed by atoms with Crippen molar-refractivity contribution >= 4 is 37.6 Å². The van der Waals surface area contributed by atoms with Gasteiger partial charge in [0.25, 0.3) is 0 Å². The van der Waals surface area contributed by atoms with Crippen molar-refractivity contribution in [3.63, 3.8) is 0 Å². The first-order chi connectivity index (χ1) is 12.3. The average molecular weight is 459 g/mol. The zero-order valence-corrected chi connectivity index (χ0v) is 16.6. The van der Waals surface area contributed by atoms with Crippen molar-refractivity contribution < 1.29 is 13.2 Å². The topological polar surface area (TPSA) is 113 Å². The standard InChI is InChI=1S/C15H13BrClN5O3S/c1-25-11-4-2-9(3-5-11)8-22-15(19-20-21-22)14-12(16)6-10(17)7-13(14)26(18,23)24/h2-7H,8H2,1H3,(H2,18,23,24). The number of hydrogen-bond acceptors (Lipinski definition) is 6. The number of hydrogen-bond donors (Lipinski definition) is 1. The van der Waals surface area contributed by atoms with Crippen LogP contribution in [0.3, 0.4) is 0 Å². The molecule has 0 aliphatic carbocycles. The molecule has 0 spiro atoms. The van der Waals surface area contributed by atoms with Gasteiger partial charge in [0, 0.05) is 9.50 Å². The second-order valence-electron chi connectivity index (χ2n) is 5.31. The summed E-state index contributed by atoms with van der Waals surface area (Å²) in [6, 6.07) is 10.2. The highest BCUT2D eigenvalue weighted by molar-refractivity contribution is 9.10. The third-order valence-corrected chi connectivity index (χ3v) is 5.35. The fourth-order valence-electron chi connectivity index (χ4n) is 2.39. The Hall–Kier alpha value is -2.01. The van der Waals surface area contributed by atoms with E-state index in [1.165, 1.54) is 10.7 Å². The second kappa shape index (κ2) is 7.31. The number of nitrogens with two attached hydrogens (primary N) is 1. The number of rotatable bonds is 5. The molecule has 26 heavy (non-hydrogen) atoms. The molecule has 0 unspecified atom stereocenters. The summed E-state index contributed by atoms with van der Waals surface area (Å²) in [5, 5.41) is 17.1. The third-order valence-electron chi connectivity index (χ3n) is 3.57. The van der Waals surface area contributed by atoms with Crippen molar-refractivity contribution in [2.75, 3.05) is 7.11 Å². The van der Waals surface area contributed by atoms with E-state index >= 15 is 0 Å². The maximum absolute atomic E-state index is 12.0. The van der Waals surface area contributed by atoms with Crippen LogP contribution in [0.1, 0.15) is 5.56 Å². The van der Waals surface area contributed by atoms with Gasteiger partial charge in [-0.3, -0.25) is 0 Å². The van der Waals surface area contributed by atoms with Crippen molar-refractivity contribution in [1.82, 2.24) is 20.2 Å². The van der Waals surface area contributed by atoms with Crippen molar-refractivity contribution in [3.05, 3.63) is 51.5 Å². The van der Waals surface area contributed by atoms with Crippen molar-refractivity contribution in [2.24, 2.45) is 5.14 Å². The van der Waals surface area contributed by atoms with Gasteiger partial charge in [-0.15, -0.1) is 5.10 Å². The van der Waals surface area contributed by atoms with Crippen LogP contribution in [0.4, 0.5) is 0 Å². The zero-order valence-electron chi connectivity index (χ0n) is 13.4. The maximum atomic E-state index is 12.0. The van der Waals surface area contributed by atoms with Crippen LogP contribution in [0.25, 0.3) is 11.4 Å². The van der Waals surface area contributed by atoms with Gasteiger partial charge < -0.3 is 4.74 Å². The van der Waals surface area contributed by atoms with E-state index in [9.17, 15) is 8.42 Å². The summed E-state index contributed by atoms with van der Waals surface area (Å²) < 4.78 is 31.0. The molecule has 136 valence electrons. The van der Waals surface area contributed by atoms with Crippen LogP contribution in [0.5, 0.6) is 5.75 Å². The SMILES string of the molecule is COc1ccc(Cn2nnnc2-c2c(Br)cc(Cl)cc2S(N)(=O)=O)cc1. The van der Waals surface area contributed by atoms with E-state index in [-0.39, 0.29) is 21.3 Å². The molecule has 8 nitrogen and oxygen atoms in total.